The maximum atomic E-state index is 15.3. The number of aromatic nitrogens is 2. The van der Waals surface area contributed by atoms with Crippen LogP contribution in [0.1, 0.15) is 45.5 Å². The van der Waals surface area contributed by atoms with E-state index in [9.17, 15) is 24.1 Å². The SMILES string of the molecule is CC(C)OC(=O)[C@H](C)NP(=O)(OC[C@H]1O[C@@H](n2ccc(CC(=O)C3CCN(C)CC3)nc2=O)C(F)(F)[C@@H]1O)Oc1ccccc1. The molecule has 3 heterocycles. The molecule has 0 saturated carbocycles. The highest BCUT2D eigenvalue weighted by molar-refractivity contribution is 7.52. The Morgan fingerprint density at radius 3 is 2.47 bits per heavy atom. The molecule has 2 saturated heterocycles. The van der Waals surface area contributed by atoms with E-state index < -0.39 is 62.5 Å². The number of benzene rings is 1. The third kappa shape index (κ3) is 8.81. The number of carbonyl (C=O) groups excluding carboxylic acids is 2. The topological polar surface area (TPSA) is 159 Å². The van der Waals surface area contributed by atoms with E-state index in [4.69, 9.17) is 18.5 Å². The number of para-hydroxylation sites is 1. The summed E-state index contributed by atoms with van der Waals surface area (Å²) in [5.74, 6) is -4.91. The van der Waals surface area contributed by atoms with Crippen molar-refractivity contribution >= 4 is 19.5 Å². The van der Waals surface area contributed by atoms with Gasteiger partial charge in [-0.2, -0.15) is 18.9 Å². The summed E-state index contributed by atoms with van der Waals surface area (Å²) in [4.78, 5) is 43.8. The summed E-state index contributed by atoms with van der Waals surface area (Å²) in [5.41, 5.74) is -0.962. The molecule has 1 aromatic carbocycles. The molecule has 1 unspecified atom stereocenters. The van der Waals surface area contributed by atoms with Gasteiger partial charge in [0.05, 0.1) is 18.4 Å². The van der Waals surface area contributed by atoms with Crippen molar-refractivity contribution < 1.29 is 46.6 Å². The van der Waals surface area contributed by atoms with Crippen LogP contribution in [-0.2, 0) is 34.6 Å². The van der Waals surface area contributed by atoms with Gasteiger partial charge < -0.3 is 24.0 Å². The Bertz CT molecular complexity index is 1440. The maximum absolute atomic E-state index is 15.3. The molecule has 0 amide bonds. The summed E-state index contributed by atoms with van der Waals surface area (Å²) in [6, 6.07) is 7.87. The minimum Gasteiger partial charge on any atom is -0.462 e. The van der Waals surface area contributed by atoms with Crippen molar-refractivity contribution in [3.05, 3.63) is 58.8 Å². The number of aliphatic hydroxyl groups excluding tert-OH is 1. The van der Waals surface area contributed by atoms with E-state index in [0.717, 1.165) is 19.3 Å². The monoisotopic (exact) mass is 656 g/mol. The first-order chi connectivity index (χ1) is 21.2. The van der Waals surface area contributed by atoms with Crippen LogP contribution < -0.4 is 15.3 Å². The van der Waals surface area contributed by atoms with E-state index in [1.165, 1.54) is 25.1 Å². The normalized spacial score (nSPS) is 24.2. The highest BCUT2D eigenvalue weighted by Gasteiger charge is 2.60. The molecule has 0 bridgehead atoms. The molecule has 5 atom stereocenters. The molecule has 16 heteroatoms. The fraction of sp³-hybridized carbons (Fsp3) is 0.586. The summed E-state index contributed by atoms with van der Waals surface area (Å²) in [7, 11) is -2.48. The van der Waals surface area contributed by atoms with Crippen molar-refractivity contribution in [2.45, 2.75) is 76.5 Å². The van der Waals surface area contributed by atoms with Crippen LogP contribution in [0.2, 0.25) is 0 Å². The summed E-state index contributed by atoms with van der Waals surface area (Å²) >= 11 is 0. The summed E-state index contributed by atoms with van der Waals surface area (Å²) in [6.07, 6.45) is -4.69. The number of rotatable bonds is 13. The predicted molar refractivity (Wildman–Crippen MR) is 157 cm³/mol. The van der Waals surface area contributed by atoms with Crippen LogP contribution in [0, 0.1) is 5.92 Å². The molecule has 0 aliphatic carbocycles. The number of halogens is 2. The second-order valence-electron chi connectivity index (χ2n) is 11.5. The quantitative estimate of drug-likeness (QED) is 0.240. The van der Waals surface area contributed by atoms with Gasteiger partial charge in [0.25, 0.3) is 0 Å². The number of likely N-dealkylation sites (tertiary alicyclic amines) is 1. The van der Waals surface area contributed by atoms with Crippen LogP contribution in [0.25, 0.3) is 0 Å². The number of alkyl halides is 2. The van der Waals surface area contributed by atoms with E-state index in [2.05, 4.69) is 15.0 Å². The molecule has 2 aromatic rings. The minimum absolute atomic E-state index is 0.0784. The number of nitrogens with zero attached hydrogens (tertiary/aromatic N) is 3. The number of carbonyl (C=O) groups is 2. The van der Waals surface area contributed by atoms with Crippen LogP contribution in [-0.4, -0.2) is 88.3 Å². The summed E-state index contributed by atoms with van der Waals surface area (Å²) in [6.45, 7) is 5.29. The van der Waals surface area contributed by atoms with Gasteiger partial charge in [-0.05, 0) is 71.9 Å². The van der Waals surface area contributed by atoms with Gasteiger partial charge in [-0.25, -0.2) is 9.36 Å². The average Bonchev–Trinajstić information content (AvgIpc) is 3.20. The molecule has 2 aliphatic rings. The van der Waals surface area contributed by atoms with E-state index in [-0.39, 0.29) is 29.6 Å². The number of ether oxygens (including phenoxy) is 2. The van der Waals surface area contributed by atoms with Crippen molar-refractivity contribution in [2.75, 3.05) is 26.7 Å². The molecular weight excluding hydrogens is 617 g/mol. The van der Waals surface area contributed by atoms with Crippen molar-refractivity contribution in [1.82, 2.24) is 19.5 Å². The molecule has 0 spiro atoms. The first-order valence-corrected chi connectivity index (χ1v) is 16.2. The molecule has 45 heavy (non-hydrogen) atoms. The first kappa shape index (κ1) is 34.8. The third-order valence-electron chi connectivity index (χ3n) is 7.48. The Morgan fingerprint density at radius 1 is 1.18 bits per heavy atom. The van der Waals surface area contributed by atoms with Crippen LogP contribution in [0.15, 0.2) is 47.4 Å². The number of aliphatic hydroxyl groups is 1. The lowest BCUT2D eigenvalue weighted by Gasteiger charge is -2.27. The number of Topliss-reactive ketones (excluding diaryl/α,β-unsaturated/α-hetero) is 1. The second kappa shape index (κ2) is 14.6. The maximum Gasteiger partial charge on any atom is 0.459 e. The molecule has 2 aliphatic heterocycles. The molecule has 248 valence electrons. The van der Waals surface area contributed by atoms with Gasteiger partial charge in [0.2, 0.25) is 6.23 Å². The highest BCUT2D eigenvalue weighted by atomic mass is 31.2. The highest BCUT2D eigenvalue weighted by Crippen LogP contribution is 2.48. The largest absolute Gasteiger partial charge is 0.462 e. The minimum atomic E-state index is -4.45. The molecule has 0 radical (unpaired) electrons. The number of ketones is 1. The molecule has 4 rings (SSSR count). The van der Waals surface area contributed by atoms with E-state index in [0.29, 0.717) is 17.4 Å². The molecule has 2 fully saturated rings. The van der Waals surface area contributed by atoms with Crippen molar-refractivity contribution in [1.29, 1.82) is 0 Å². The van der Waals surface area contributed by atoms with E-state index in [1.807, 2.05) is 7.05 Å². The van der Waals surface area contributed by atoms with E-state index >= 15 is 8.78 Å². The molecule has 1 aromatic heterocycles. The fourth-order valence-corrected chi connectivity index (χ4v) is 6.49. The molecular formula is C29H39F2N4O9P. The number of esters is 1. The number of hydrogen-bond acceptors (Lipinski definition) is 11. The predicted octanol–water partition coefficient (Wildman–Crippen LogP) is 2.72. The lowest BCUT2D eigenvalue weighted by molar-refractivity contribution is -0.149. The van der Waals surface area contributed by atoms with Gasteiger partial charge in [0.1, 0.15) is 23.7 Å². The van der Waals surface area contributed by atoms with Gasteiger partial charge in [-0.3, -0.25) is 18.7 Å². The van der Waals surface area contributed by atoms with Gasteiger partial charge >= 0.3 is 25.3 Å². The Labute approximate surface area is 259 Å². The van der Waals surface area contributed by atoms with Crippen molar-refractivity contribution in [2.24, 2.45) is 5.92 Å². The lowest BCUT2D eigenvalue weighted by Crippen LogP contribution is -2.42. The summed E-state index contributed by atoms with van der Waals surface area (Å²) < 4.78 is 66.1. The Morgan fingerprint density at radius 2 is 1.84 bits per heavy atom. The number of nitrogens with one attached hydrogen (secondary N) is 1. The number of hydrogen-bond donors (Lipinski definition) is 2. The van der Waals surface area contributed by atoms with Gasteiger partial charge in [-0.1, -0.05) is 18.2 Å². The Balaban J connectivity index is 1.46. The van der Waals surface area contributed by atoms with E-state index in [1.54, 1.807) is 32.0 Å². The van der Waals surface area contributed by atoms with Gasteiger partial charge in [0.15, 0.2) is 6.10 Å². The van der Waals surface area contributed by atoms with Crippen molar-refractivity contribution in [3.63, 3.8) is 0 Å². The Kier molecular flexibility index (Phi) is 11.3. The smallest absolute Gasteiger partial charge is 0.459 e. The lowest BCUT2D eigenvalue weighted by atomic mass is 9.90. The average molecular weight is 657 g/mol. The van der Waals surface area contributed by atoms with Crippen LogP contribution in [0.4, 0.5) is 8.78 Å². The molecule has 13 nitrogen and oxygen atoms in total. The zero-order valence-electron chi connectivity index (χ0n) is 25.5. The fourth-order valence-electron chi connectivity index (χ4n) is 4.99. The van der Waals surface area contributed by atoms with Crippen LogP contribution in [0.3, 0.4) is 0 Å². The first-order valence-electron chi connectivity index (χ1n) is 14.7. The zero-order valence-corrected chi connectivity index (χ0v) is 26.4. The standard InChI is InChI=1S/C29H39F2N4O9P/c1-18(2)42-26(38)19(3)33-45(40,44-22-8-6-5-7-9-22)41-17-24-25(37)29(30,31)27(43-24)35-15-12-21(32-28(35)39)16-23(36)20-10-13-34(4)14-11-20/h5-9,12,15,18-20,24-25,27,37H,10-11,13-14,16-17H2,1-4H3,(H,33,40)/t19-,24+,25+,27+,45?/m0/s1. The van der Waals surface area contributed by atoms with Gasteiger partial charge in [-0.15, -0.1) is 0 Å². The number of piperidine rings is 1. The van der Waals surface area contributed by atoms with Gasteiger partial charge in [0, 0.05) is 18.5 Å². The zero-order chi connectivity index (χ0) is 32.9. The van der Waals surface area contributed by atoms with Crippen LogP contribution >= 0.6 is 7.75 Å². The molecule has 2 N–H and O–H groups in total. The second-order valence-corrected chi connectivity index (χ2v) is 13.2. The third-order valence-corrected chi connectivity index (χ3v) is 9.13. The Hall–Kier alpha value is -3.07. The van der Waals surface area contributed by atoms with Crippen molar-refractivity contribution in [3.8, 4) is 5.75 Å². The summed E-state index contributed by atoms with van der Waals surface area (Å²) in [5, 5.41) is 12.9. The van der Waals surface area contributed by atoms with Crippen LogP contribution in [0.5, 0.6) is 5.75 Å².